The van der Waals surface area contributed by atoms with Gasteiger partial charge in [0.05, 0.1) is 31.2 Å². The minimum Gasteiger partial charge on any atom is -0.369 e. The molecule has 0 amide bonds. The van der Waals surface area contributed by atoms with E-state index in [1.54, 1.807) is 28.8 Å². The molecule has 0 radical (unpaired) electrons. The Labute approximate surface area is 132 Å². The molecule has 102 valence electrons. The van der Waals surface area contributed by atoms with E-state index in [-0.39, 0.29) is 5.95 Å². The summed E-state index contributed by atoms with van der Waals surface area (Å²) < 4.78 is 15.5. The van der Waals surface area contributed by atoms with Crippen LogP contribution in [0.15, 0.2) is 34.8 Å². The van der Waals surface area contributed by atoms with Crippen LogP contribution < -0.4 is 5.73 Å². The summed E-state index contributed by atoms with van der Waals surface area (Å²) in [6.45, 7) is 0. The van der Waals surface area contributed by atoms with Crippen LogP contribution in [-0.4, -0.2) is 9.55 Å². The van der Waals surface area contributed by atoms with E-state index in [4.69, 9.17) is 28.9 Å². The Kier molecular flexibility index (Phi) is 3.36. The zero-order valence-electron chi connectivity index (χ0n) is 9.87. The van der Waals surface area contributed by atoms with Crippen molar-refractivity contribution in [2.45, 2.75) is 0 Å². The molecule has 1 aromatic heterocycles. The molecular weight excluding hydrogens is 368 g/mol. The van der Waals surface area contributed by atoms with E-state index in [9.17, 15) is 4.39 Å². The maximum atomic E-state index is 13.6. The number of nitrogens with two attached hydrogens (primary N) is 1. The van der Waals surface area contributed by atoms with Crippen molar-refractivity contribution in [3.05, 3.63) is 50.7 Å². The van der Waals surface area contributed by atoms with Gasteiger partial charge in [0.15, 0.2) is 0 Å². The first kappa shape index (κ1) is 13.7. The van der Waals surface area contributed by atoms with Crippen molar-refractivity contribution in [1.82, 2.24) is 9.55 Å². The lowest BCUT2D eigenvalue weighted by Crippen LogP contribution is -2.02. The Morgan fingerprint density at radius 1 is 1.20 bits per heavy atom. The maximum absolute atomic E-state index is 13.6. The van der Waals surface area contributed by atoms with E-state index in [1.807, 2.05) is 0 Å². The Bertz CT molecular complexity index is 812. The summed E-state index contributed by atoms with van der Waals surface area (Å²) in [5, 5.41) is 0.868. The SMILES string of the molecule is Nc1nc2cc(F)c(Br)cc2n1-c1c(Cl)cccc1Cl. The second-order valence-electron chi connectivity index (χ2n) is 4.13. The summed E-state index contributed by atoms with van der Waals surface area (Å²) >= 11 is 15.5. The number of halogens is 4. The van der Waals surface area contributed by atoms with Crippen LogP contribution in [-0.2, 0) is 0 Å². The molecule has 7 heteroatoms. The van der Waals surface area contributed by atoms with E-state index in [1.165, 1.54) is 6.07 Å². The Morgan fingerprint density at radius 3 is 2.50 bits per heavy atom. The fraction of sp³-hybridized carbons (Fsp3) is 0. The average molecular weight is 375 g/mol. The van der Waals surface area contributed by atoms with Crippen molar-refractivity contribution in [1.29, 1.82) is 0 Å². The number of nitrogens with zero attached hydrogens (tertiary/aromatic N) is 2. The molecule has 3 aromatic rings. The predicted octanol–water partition coefficient (Wildman–Crippen LogP) is 4.82. The third-order valence-electron chi connectivity index (χ3n) is 2.88. The van der Waals surface area contributed by atoms with Crippen LogP contribution in [0, 0.1) is 5.82 Å². The summed E-state index contributed by atoms with van der Waals surface area (Å²) in [4.78, 5) is 4.14. The summed E-state index contributed by atoms with van der Waals surface area (Å²) in [6.07, 6.45) is 0. The van der Waals surface area contributed by atoms with Crippen LogP contribution >= 0.6 is 39.1 Å². The average Bonchev–Trinajstić information content (AvgIpc) is 2.67. The molecule has 0 bridgehead atoms. The van der Waals surface area contributed by atoms with E-state index < -0.39 is 5.82 Å². The van der Waals surface area contributed by atoms with E-state index in [2.05, 4.69) is 20.9 Å². The summed E-state index contributed by atoms with van der Waals surface area (Å²) in [5.41, 5.74) is 7.49. The molecule has 0 aliphatic heterocycles. The van der Waals surface area contributed by atoms with Gasteiger partial charge >= 0.3 is 0 Å². The van der Waals surface area contributed by atoms with Gasteiger partial charge in [-0.25, -0.2) is 9.37 Å². The van der Waals surface area contributed by atoms with Gasteiger partial charge in [0, 0.05) is 6.07 Å². The van der Waals surface area contributed by atoms with Crippen LogP contribution in [0.2, 0.25) is 10.0 Å². The van der Waals surface area contributed by atoms with Gasteiger partial charge < -0.3 is 5.73 Å². The lowest BCUT2D eigenvalue weighted by molar-refractivity contribution is 0.623. The summed E-state index contributed by atoms with van der Waals surface area (Å²) in [6, 6.07) is 8.03. The zero-order chi connectivity index (χ0) is 14.4. The first-order chi connectivity index (χ1) is 9.49. The van der Waals surface area contributed by atoms with Gasteiger partial charge in [0.2, 0.25) is 5.95 Å². The molecule has 0 aliphatic carbocycles. The molecule has 20 heavy (non-hydrogen) atoms. The minimum atomic E-state index is -0.410. The molecule has 0 unspecified atom stereocenters. The number of benzene rings is 2. The normalized spacial score (nSPS) is 11.2. The zero-order valence-corrected chi connectivity index (χ0v) is 13.0. The highest BCUT2D eigenvalue weighted by molar-refractivity contribution is 9.10. The Hall–Kier alpha value is -1.30. The first-order valence-corrected chi connectivity index (χ1v) is 7.11. The lowest BCUT2D eigenvalue weighted by atomic mass is 10.2. The largest absolute Gasteiger partial charge is 0.369 e. The summed E-state index contributed by atoms with van der Waals surface area (Å²) in [5.74, 6) is -0.222. The van der Waals surface area contributed by atoms with Gasteiger partial charge in [-0.3, -0.25) is 4.57 Å². The van der Waals surface area contributed by atoms with Crippen LogP contribution in [0.4, 0.5) is 10.3 Å². The third kappa shape index (κ3) is 2.06. The second kappa shape index (κ2) is 4.91. The number of imidazole rings is 1. The van der Waals surface area contributed by atoms with E-state index >= 15 is 0 Å². The van der Waals surface area contributed by atoms with Crippen LogP contribution in [0.1, 0.15) is 0 Å². The Morgan fingerprint density at radius 2 is 1.85 bits per heavy atom. The fourth-order valence-electron chi connectivity index (χ4n) is 2.03. The number of anilines is 1. The molecule has 0 saturated carbocycles. The Balaban J connectivity index is 2.42. The maximum Gasteiger partial charge on any atom is 0.206 e. The van der Waals surface area contributed by atoms with Gasteiger partial charge in [-0.15, -0.1) is 0 Å². The molecule has 2 N–H and O–H groups in total. The van der Waals surface area contributed by atoms with Crippen molar-refractivity contribution in [2.75, 3.05) is 5.73 Å². The van der Waals surface area contributed by atoms with Gasteiger partial charge in [0.1, 0.15) is 5.82 Å². The van der Waals surface area contributed by atoms with Gasteiger partial charge in [-0.1, -0.05) is 29.3 Å². The number of hydrogen-bond donors (Lipinski definition) is 1. The molecule has 3 rings (SSSR count). The standard InChI is InChI=1S/C13H7BrCl2FN3/c14-6-4-11-10(5-9(6)17)19-13(18)20(11)12-7(15)2-1-3-8(12)16/h1-5H,(H2,18,19). The predicted molar refractivity (Wildman–Crippen MR) is 83.2 cm³/mol. The van der Waals surface area contributed by atoms with Gasteiger partial charge in [-0.2, -0.15) is 0 Å². The summed E-state index contributed by atoms with van der Waals surface area (Å²) in [7, 11) is 0. The smallest absolute Gasteiger partial charge is 0.206 e. The van der Waals surface area contributed by atoms with Crippen molar-refractivity contribution in [3.8, 4) is 5.69 Å². The monoisotopic (exact) mass is 373 g/mol. The highest BCUT2D eigenvalue weighted by atomic mass is 79.9. The van der Waals surface area contributed by atoms with Crippen molar-refractivity contribution in [3.63, 3.8) is 0 Å². The highest BCUT2D eigenvalue weighted by Gasteiger charge is 2.17. The quantitative estimate of drug-likeness (QED) is 0.663. The van der Waals surface area contributed by atoms with Crippen molar-refractivity contribution < 1.29 is 4.39 Å². The van der Waals surface area contributed by atoms with Crippen molar-refractivity contribution >= 4 is 56.1 Å². The third-order valence-corrected chi connectivity index (χ3v) is 4.10. The molecule has 0 aliphatic rings. The lowest BCUT2D eigenvalue weighted by Gasteiger charge is -2.10. The molecule has 1 heterocycles. The molecular formula is C13H7BrCl2FN3. The highest BCUT2D eigenvalue weighted by Crippen LogP contribution is 2.34. The minimum absolute atomic E-state index is 0.188. The molecule has 0 saturated heterocycles. The molecule has 0 fully saturated rings. The van der Waals surface area contributed by atoms with Gasteiger partial charge in [0.25, 0.3) is 0 Å². The molecule has 3 nitrogen and oxygen atoms in total. The number of rotatable bonds is 1. The fourth-order valence-corrected chi connectivity index (χ4v) is 2.93. The number of fused-ring (bicyclic) bond motifs is 1. The van der Waals surface area contributed by atoms with Crippen molar-refractivity contribution in [2.24, 2.45) is 0 Å². The number of aromatic nitrogens is 2. The van der Waals surface area contributed by atoms with Crippen LogP contribution in [0.5, 0.6) is 0 Å². The van der Waals surface area contributed by atoms with Crippen LogP contribution in [0.3, 0.4) is 0 Å². The first-order valence-electron chi connectivity index (χ1n) is 5.56. The van der Waals surface area contributed by atoms with Gasteiger partial charge in [-0.05, 0) is 34.1 Å². The number of nitrogen functional groups attached to an aromatic ring is 1. The number of para-hydroxylation sites is 1. The topological polar surface area (TPSA) is 43.8 Å². The molecule has 0 atom stereocenters. The molecule has 0 spiro atoms. The van der Waals surface area contributed by atoms with E-state index in [0.29, 0.717) is 31.2 Å². The second-order valence-corrected chi connectivity index (χ2v) is 5.80. The number of hydrogen-bond acceptors (Lipinski definition) is 2. The van der Waals surface area contributed by atoms with E-state index in [0.717, 1.165) is 0 Å². The molecule has 2 aromatic carbocycles. The van der Waals surface area contributed by atoms with Crippen LogP contribution in [0.25, 0.3) is 16.7 Å².